The molecule has 2 aliphatic rings. The summed E-state index contributed by atoms with van der Waals surface area (Å²) >= 11 is 0. The van der Waals surface area contributed by atoms with Gasteiger partial charge in [-0.1, -0.05) is 0 Å². The molecule has 4 rings (SSSR count). The number of amides is 2. The average molecular weight is 469 g/mol. The van der Waals surface area contributed by atoms with Crippen molar-refractivity contribution in [1.82, 2.24) is 24.9 Å². The molecule has 2 aliphatic heterocycles. The minimum Gasteiger partial charge on any atom is -0.462 e. The Morgan fingerprint density at radius 2 is 1.79 bits per heavy atom. The van der Waals surface area contributed by atoms with E-state index in [2.05, 4.69) is 15.3 Å². The minimum absolute atomic E-state index is 0.0229. The van der Waals surface area contributed by atoms with E-state index < -0.39 is 0 Å². The number of pyridine rings is 1. The van der Waals surface area contributed by atoms with Crippen LogP contribution in [0.1, 0.15) is 40.6 Å². The molecule has 182 valence electrons. The second-order valence-electron chi connectivity index (χ2n) is 8.65. The molecule has 2 amide bonds. The zero-order valence-electron chi connectivity index (χ0n) is 19.8. The van der Waals surface area contributed by atoms with E-state index >= 15 is 0 Å². The van der Waals surface area contributed by atoms with Gasteiger partial charge in [-0.05, 0) is 44.0 Å². The van der Waals surface area contributed by atoms with Gasteiger partial charge in [-0.25, -0.2) is 14.8 Å². The number of aromatic nitrogens is 2. The maximum absolute atomic E-state index is 12.8. The Hall–Kier alpha value is -3.40. The summed E-state index contributed by atoms with van der Waals surface area (Å²) in [6.07, 6.45) is 4.87. The number of esters is 1. The van der Waals surface area contributed by atoms with Gasteiger partial charge < -0.3 is 19.1 Å². The van der Waals surface area contributed by atoms with Gasteiger partial charge in [0.25, 0.3) is 5.91 Å². The summed E-state index contributed by atoms with van der Waals surface area (Å²) < 4.78 is 6.82. The number of ether oxygens (including phenoxy) is 1. The number of nitrogens with one attached hydrogen (secondary N) is 1. The topological polar surface area (TPSA) is 100 Å². The molecule has 2 saturated heterocycles. The molecule has 0 atom stereocenters. The number of piperazine rings is 1. The normalized spacial score (nSPS) is 17.5. The molecule has 0 spiro atoms. The van der Waals surface area contributed by atoms with E-state index in [1.807, 2.05) is 45.9 Å². The Morgan fingerprint density at radius 1 is 1.06 bits per heavy atom. The van der Waals surface area contributed by atoms with E-state index in [-0.39, 0.29) is 23.7 Å². The summed E-state index contributed by atoms with van der Waals surface area (Å²) in [5, 5.41) is 1.92. The number of aryl methyl sites for hydroxylation is 1. The Bertz CT molecular complexity index is 1000. The van der Waals surface area contributed by atoms with Crippen LogP contribution < -0.4 is 10.3 Å². The van der Waals surface area contributed by atoms with Crippen molar-refractivity contribution < 1.29 is 19.1 Å². The van der Waals surface area contributed by atoms with E-state index in [1.165, 1.54) is 6.20 Å². The number of carbonyl (C=O) groups excluding carboxylic acids is 3. The van der Waals surface area contributed by atoms with Crippen LogP contribution in [-0.4, -0.2) is 83.1 Å². The molecule has 2 aromatic rings. The van der Waals surface area contributed by atoms with Crippen LogP contribution in [0.4, 0.5) is 5.82 Å². The van der Waals surface area contributed by atoms with E-state index in [9.17, 15) is 14.4 Å². The molecule has 2 fully saturated rings. The van der Waals surface area contributed by atoms with Crippen molar-refractivity contribution in [3.05, 3.63) is 47.9 Å². The first-order valence-electron chi connectivity index (χ1n) is 11.8. The molecular formula is C24H32N6O4. The van der Waals surface area contributed by atoms with Gasteiger partial charge in [-0.15, -0.1) is 0 Å². The van der Waals surface area contributed by atoms with E-state index in [1.54, 1.807) is 13.0 Å². The summed E-state index contributed by atoms with van der Waals surface area (Å²) in [7, 11) is 1.86. The number of hydrogen-bond donors (Lipinski definition) is 1. The minimum atomic E-state index is -0.373. The molecule has 1 N–H and O–H groups in total. The number of rotatable bonds is 6. The Balaban J connectivity index is 1.21. The van der Waals surface area contributed by atoms with Gasteiger partial charge in [0.1, 0.15) is 11.5 Å². The predicted octanol–water partition coefficient (Wildman–Crippen LogP) is 1.30. The predicted molar refractivity (Wildman–Crippen MR) is 126 cm³/mol. The third-order valence-electron chi connectivity index (χ3n) is 6.45. The van der Waals surface area contributed by atoms with Gasteiger partial charge in [-0.3, -0.25) is 15.0 Å². The number of anilines is 1. The standard InChI is InChI=1S/C24H32N6O4/c1-3-34-24(33)19-6-7-21(25-17-19)28-11-8-18(9-12-28)22(31)26-30-15-13-29(14-16-30)23(32)20-5-4-10-27(20)2/h4-7,10,17-18H,3,8-9,11-16H2,1-2H3,(H,26,31). The highest BCUT2D eigenvalue weighted by Crippen LogP contribution is 2.22. The zero-order chi connectivity index (χ0) is 24.1. The molecule has 0 unspecified atom stereocenters. The lowest BCUT2D eigenvalue weighted by atomic mass is 9.96. The monoisotopic (exact) mass is 468 g/mol. The first-order valence-corrected chi connectivity index (χ1v) is 11.8. The summed E-state index contributed by atoms with van der Waals surface area (Å²) in [5.41, 5.74) is 4.16. The number of nitrogens with zero attached hydrogens (tertiary/aromatic N) is 5. The third kappa shape index (κ3) is 5.39. The van der Waals surface area contributed by atoms with Crippen molar-refractivity contribution in [1.29, 1.82) is 0 Å². The zero-order valence-corrected chi connectivity index (χ0v) is 19.8. The van der Waals surface area contributed by atoms with Gasteiger partial charge in [0.15, 0.2) is 0 Å². The van der Waals surface area contributed by atoms with Gasteiger partial charge in [0.05, 0.1) is 12.2 Å². The van der Waals surface area contributed by atoms with Gasteiger partial charge in [0, 0.05) is 64.6 Å². The van der Waals surface area contributed by atoms with Crippen molar-refractivity contribution in [3.8, 4) is 0 Å². The molecule has 10 heteroatoms. The quantitative estimate of drug-likeness (QED) is 0.638. The van der Waals surface area contributed by atoms with Crippen molar-refractivity contribution in [2.24, 2.45) is 13.0 Å². The van der Waals surface area contributed by atoms with Crippen LogP contribution >= 0.6 is 0 Å². The fourth-order valence-corrected chi connectivity index (χ4v) is 4.39. The summed E-state index contributed by atoms with van der Waals surface area (Å²) in [6.45, 7) is 5.93. The second-order valence-corrected chi connectivity index (χ2v) is 8.65. The van der Waals surface area contributed by atoms with E-state index in [0.717, 1.165) is 31.7 Å². The van der Waals surface area contributed by atoms with Gasteiger partial charge in [0.2, 0.25) is 5.91 Å². The molecule has 4 heterocycles. The largest absolute Gasteiger partial charge is 0.462 e. The molecule has 0 bridgehead atoms. The third-order valence-corrected chi connectivity index (χ3v) is 6.45. The first-order chi connectivity index (χ1) is 16.5. The SMILES string of the molecule is CCOC(=O)c1ccc(N2CCC(C(=O)NN3CCN(C(=O)c4cccn4C)CC3)CC2)nc1. The van der Waals surface area contributed by atoms with Crippen LogP contribution in [-0.2, 0) is 16.6 Å². The summed E-state index contributed by atoms with van der Waals surface area (Å²) in [5.74, 6) is 0.424. The number of piperidine rings is 1. The van der Waals surface area contributed by atoms with Crippen molar-refractivity contribution in [2.75, 3.05) is 50.8 Å². The number of hydrogen-bond acceptors (Lipinski definition) is 7. The molecule has 0 saturated carbocycles. The molecule has 10 nitrogen and oxygen atoms in total. The maximum Gasteiger partial charge on any atom is 0.339 e. The van der Waals surface area contributed by atoms with Crippen LogP contribution in [0.3, 0.4) is 0 Å². The maximum atomic E-state index is 12.8. The highest BCUT2D eigenvalue weighted by atomic mass is 16.5. The van der Waals surface area contributed by atoms with E-state index in [0.29, 0.717) is 44.0 Å². The molecule has 0 aliphatic carbocycles. The lowest BCUT2D eigenvalue weighted by Gasteiger charge is -2.37. The molecule has 2 aromatic heterocycles. The Morgan fingerprint density at radius 3 is 2.38 bits per heavy atom. The van der Waals surface area contributed by atoms with Crippen LogP contribution in [0.2, 0.25) is 0 Å². The van der Waals surface area contributed by atoms with Gasteiger partial charge >= 0.3 is 5.97 Å². The van der Waals surface area contributed by atoms with Crippen LogP contribution in [0, 0.1) is 5.92 Å². The molecule has 0 aromatic carbocycles. The summed E-state index contributed by atoms with van der Waals surface area (Å²) in [4.78, 5) is 45.6. The number of carbonyl (C=O) groups is 3. The van der Waals surface area contributed by atoms with Crippen molar-refractivity contribution >= 4 is 23.6 Å². The van der Waals surface area contributed by atoms with E-state index in [4.69, 9.17) is 4.74 Å². The highest BCUT2D eigenvalue weighted by molar-refractivity contribution is 5.93. The Labute approximate surface area is 199 Å². The average Bonchev–Trinajstić information content (AvgIpc) is 3.30. The van der Waals surface area contributed by atoms with Crippen LogP contribution in [0.5, 0.6) is 0 Å². The highest BCUT2D eigenvalue weighted by Gasteiger charge is 2.29. The smallest absolute Gasteiger partial charge is 0.339 e. The molecule has 0 radical (unpaired) electrons. The van der Waals surface area contributed by atoms with Crippen LogP contribution in [0.15, 0.2) is 36.7 Å². The molecular weight excluding hydrogens is 436 g/mol. The van der Waals surface area contributed by atoms with Crippen molar-refractivity contribution in [3.63, 3.8) is 0 Å². The lowest BCUT2D eigenvalue weighted by Crippen LogP contribution is -2.56. The Kier molecular flexibility index (Phi) is 7.46. The van der Waals surface area contributed by atoms with Gasteiger partial charge in [-0.2, -0.15) is 0 Å². The first kappa shape index (κ1) is 23.7. The molecule has 34 heavy (non-hydrogen) atoms. The summed E-state index contributed by atoms with van der Waals surface area (Å²) in [6, 6.07) is 7.24. The van der Waals surface area contributed by atoms with Crippen LogP contribution in [0.25, 0.3) is 0 Å². The lowest BCUT2D eigenvalue weighted by molar-refractivity contribution is -0.131. The fourth-order valence-electron chi connectivity index (χ4n) is 4.39. The second kappa shape index (κ2) is 10.7. The fraction of sp³-hybridized carbons (Fsp3) is 0.500. The number of hydrazine groups is 1. The van der Waals surface area contributed by atoms with Crippen molar-refractivity contribution in [2.45, 2.75) is 19.8 Å².